The molecule has 180 valence electrons. The van der Waals surface area contributed by atoms with Gasteiger partial charge in [-0.15, -0.1) is 0 Å². The fourth-order valence-electron chi connectivity index (χ4n) is 4.15. The summed E-state index contributed by atoms with van der Waals surface area (Å²) in [6.45, 7) is 10.7. The summed E-state index contributed by atoms with van der Waals surface area (Å²) in [7, 11) is 0. The van der Waals surface area contributed by atoms with Crippen molar-refractivity contribution in [3.05, 3.63) is 0 Å². The highest BCUT2D eigenvalue weighted by Gasteiger charge is 2.05. The molecule has 0 heterocycles. The minimum Gasteiger partial charge on any atom is -0.466 e. The maximum Gasteiger partial charge on any atom is 0.305 e. The smallest absolute Gasteiger partial charge is 0.305 e. The first kappa shape index (κ1) is 29.4. The van der Waals surface area contributed by atoms with Crippen molar-refractivity contribution < 1.29 is 9.53 Å². The molecule has 0 saturated heterocycles. The van der Waals surface area contributed by atoms with E-state index in [2.05, 4.69) is 25.7 Å². The maximum absolute atomic E-state index is 11.8. The Morgan fingerprint density at radius 1 is 0.533 bits per heavy atom. The van der Waals surface area contributed by atoms with Gasteiger partial charge in [0.1, 0.15) is 0 Å². The Labute approximate surface area is 189 Å². The highest BCUT2D eigenvalue weighted by Crippen LogP contribution is 2.13. The number of esters is 1. The third kappa shape index (κ3) is 22.1. The summed E-state index contributed by atoms with van der Waals surface area (Å²) in [5.74, 6) is 0.00206. The molecule has 0 aromatic heterocycles. The average molecular weight is 426 g/mol. The maximum atomic E-state index is 11.8. The van der Waals surface area contributed by atoms with Crippen LogP contribution in [0.15, 0.2) is 0 Å². The number of ether oxygens (including phenoxy) is 1. The Morgan fingerprint density at radius 3 is 1.40 bits per heavy atom. The Hall–Kier alpha value is -0.570. The van der Waals surface area contributed by atoms with Crippen molar-refractivity contribution in [1.29, 1.82) is 0 Å². The van der Waals surface area contributed by atoms with Crippen LogP contribution < -0.4 is 0 Å². The second-order valence-electron chi connectivity index (χ2n) is 9.12. The van der Waals surface area contributed by atoms with Crippen LogP contribution in [0.3, 0.4) is 0 Å². The van der Waals surface area contributed by atoms with Crippen LogP contribution in [0, 0.1) is 0 Å². The monoisotopic (exact) mass is 425 g/mol. The second-order valence-corrected chi connectivity index (χ2v) is 9.12. The SMILES string of the molecule is CCCCCCCCCCCCCCCCCC(=O)OCCCN(CCC)CCC. The lowest BCUT2D eigenvalue weighted by Gasteiger charge is -2.20. The summed E-state index contributed by atoms with van der Waals surface area (Å²) in [6.07, 6.45) is 24.3. The van der Waals surface area contributed by atoms with Crippen LogP contribution in [0.5, 0.6) is 0 Å². The van der Waals surface area contributed by atoms with E-state index in [1.54, 1.807) is 0 Å². The predicted octanol–water partition coefficient (Wildman–Crippen LogP) is 8.30. The molecule has 0 N–H and O–H groups in total. The molecule has 0 bridgehead atoms. The van der Waals surface area contributed by atoms with Gasteiger partial charge in [-0.05, 0) is 38.8 Å². The van der Waals surface area contributed by atoms with Gasteiger partial charge >= 0.3 is 5.97 Å². The number of nitrogens with zero attached hydrogens (tertiary/aromatic N) is 1. The van der Waals surface area contributed by atoms with Crippen molar-refractivity contribution >= 4 is 5.97 Å². The highest BCUT2D eigenvalue weighted by atomic mass is 16.5. The number of carbonyl (C=O) groups excluding carboxylic acids is 1. The molecule has 0 aromatic carbocycles. The first-order valence-electron chi connectivity index (χ1n) is 13.6. The zero-order chi connectivity index (χ0) is 22.1. The lowest BCUT2D eigenvalue weighted by Crippen LogP contribution is -2.27. The van der Waals surface area contributed by atoms with Gasteiger partial charge in [0.2, 0.25) is 0 Å². The molecule has 0 amide bonds. The summed E-state index contributed by atoms with van der Waals surface area (Å²) < 4.78 is 5.40. The van der Waals surface area contributed by atoms with E-state index in [4.69, 9.17) is 4.74 Å². The summed E-state index contributed by atoms with van der Waals surface area (Å²) in [5.41, 5.74) is 0. The molecule has 0 spiro atoms. The van der Waals surface area contributed by atoms with E-state index in [9.17, 15) is 4.79 Å². The fourth-order valence-corrected chi connectivity index (χ4v) is 4.15. The molecule has 3 heteroatoms. The molecular formula is C27H55NO2. The molecule has 0 radical (unpaired) electrons. The van der Waals surface area contributed by atoms with Crippen LogP contribution in [0.2, 0.25) is 0 Å². The van der Waals surface area contributed by atoms with Crippen molar-refractivity contribution in [1.82, 2.24) is 4.90 Å². The zero-order valence-corrected chi connectivity index (χ0v) is 21.0. The van der Waals surface area contributed by atoms with Gasteiger partial charge in [0.05, 0.1) is 6.61 Å². The van der Waals surface area contributed by atoms with Crippen molar-refractivity contribution in [2.45, 2.75) is 143 Å². The van der Waals surface area contributed by atoms with Crippen LogP contribution >= 0.6 is 0 Å². The van der Waals surface area contributed by atoms with E-state index in [0.29, 0.717) is 13.0 Å². The summed E-state index contributed by atoms with van der Waals surface area (Å²) >= 11 is 0. The van der Waals surface area contributed by atoms with Crippen LogP contribution in [0.4, 0.5) is 0 Å². The van der Waals surface area contributed by atoms with E-state index in [1.807, 2.05) is 0 Å². The van der Waals surface area contributed by atoms with Gasteiger partial charge in [0.25, 0.3) is 0 Å². The van der Waals surface area contributed by atoms with Crippen LogP contribution in [0.1, 0.15) is 143 Å². The molecule has 0 aromatic rings. The standard InChI is InChI=1S/C27H55NO2/c1-4-7-8-9-10-11-12-13-14-15-16-17-18-19-20-22-27(29)30-26-21-25-28(23-5-2)24-6-3/h4-26H2,1-3H3. The lowest BCUT2D eigenvalue weighted by atomic mass is 10.0. The van der Waals surface area contributed by atoms with Crippen LogP contribution in [-0.2, 0) is 9.53 Å². The molecular weight excluding hydrogens is 370 g/mol. The summed E-state index contributed by atoms with van der Waals surface area (Å²) in [5, 5.41) is 0. The normalized spacial score (nSPS) is 11.3. The molecule has 0 saturated carbocycles. The predicted molar refractivity (Wildman–Crippen MR) is 132 cm³/mol. The second kappa shape index (κ2) is 24.7. The van der Waals surface area contributed by atoms with E-state index in [-0.39, 0.29) is 5.97 Å². The van der Waals surface area contributed by atoms with Crippen molar-refractivity contribution in [3.8, 4) is 0 Å². The Kier molecular flexibility index (Phi) is 24.2. The molecule has 0 aliphatic rings. The van der Waals surface area contributed by atoms with E-state index >= 15 is 0 Å². The third-order valence-electron chi connectivity index (χ3n) is 5.95. The average Bonchev–Trinajstić information content (AvgIpc) is 2.74. The first-order chi connectivity index (χ1) is 14.7. The Bertz CT molecular complexity index is 340. The fraction of sp³-hybridized carbons (Fsp3) is 0.963. The molecule has 0 fully saturated rings. The van der Waals surface area contributed by atoms with Gasteiger partial charge in [0, 0.05) is 13.0 Å². The van der Waals surface area contributed by atoms with E-state index in [1.165, 1.54) is 103 Å². The number of rotatable bonds is 24. The molecule has 0 aliphatic carbocycles. The molecule has 0 atom stereocenters. The van der Waals surface area contributed by atoms with Gasteiger partial charge in [-0.25, -0.2) is 0 Å². The third-order valence-corrected chi connectivity index (χ3v) is 5.95. The van der Waals surface area contributed by atoms with Crippen LogP contribution in [0.25, 0.3) is 0 Å². The van der Waals surface area contributed by atoms with Gasteiger partial charge in [0.15, 0.2) is 0 Å². The van der Waals surface area contributed by atoms with Crippen molar-refractivity contribution in [2.75, 3.05) is 26.2 Å². The number of carbonyl (C=O) groups is 1. The molecule has 3 nitrogen and oxygen atoms in total. The van der Waals surface area contributed by atoms with Crippen molar-refractivity contribution in [3.63, 3.8) is 0 Å². The largest absolute Gasteiger partial charge is 0.466 e. The quantitative estimate of drug-likeness (QED) is 0.115. The zero-order valence-electron chi connectivity index (χ0n) is 21.0. The Balaban J connectivity index is 3.28. The van der Waals surface area contributed by atoms with Gasteiger partial charge < -0.3 is 9.64 Å². The lowest BCUT2D eigenvalue weighted by molar-refractivity contribution is -0.144. The number of hydrogen-bond donors (Lipinski definition) is 0. The number of unbranched alkanes of at least 4 members (excludes halogenated alkanes) is 14. The van der Waals surface area contributed by atoms with Crippen molar-refractivity contribution in [2.24, 2.45) is 0 Å². The van der Waals surface area contributed by atoms with Gasteiger partial charge in [-0.1, -0.05) is 111 Å². The Morgan fingerprint density at radius 2 is 0.967 bits per heavy atom. The van der Waals surface area contributed by atoms with E-state index < -0.39 is 0 Å². The minimum atomic E-state index is 0.00206. The molecule has 0 rings (SSSR count). The van der Waals surface area contributed by atoms with Gasteiger partial charge in [-0.2, -0.15) is 0 Å². The van der Waals surface area contributed by atoms with Gasteiger partial charge in [-0.3, -0.25) is 4.79 Å². The number of hydrogen-bond acceptors (Lipinski definition) is 3. The molecule has 0 unspecified atom stereocenters. The molecule has 30 heavy (non-hydrogen) atoms. The minimum absolute atomic E-state index is 0.00206. The van der Waals surface area contributed by atoms with E-state index in [0.717, 1.165) is 32.5 Å². The highest BCUT2D eigenvalue weighted by molar-refractivity contribution is 5.69. The topological polar surface area (TPSA) is 29.5 Å². The summed E-state index contributed by atoms with van der Waals surface area (Å²) in [6, 6.07) is 0. The molecule has 0 aliphatic heterocycles. The summed E-state index contributed by atoms with van der Waals surface area (Å²) in [4.78, 5) is 14.3. The van der Waals surface area contributed by atoms with Crippen LogP contribution in [-0.4, -0.2) is 37.1 Å². The first-order valence-corrected chi connectivity index (χ1v) is 13.6.